The molecule has 7 heteroatoms. The van der Waals surface area contributed by atoms with Gasteiger partial charge in [0.15, 0.2) is 0 Å². The molecule has 0 spiro atoms. The van der Waals surface area contributed by atoms with E-state index in [1.165, 1.54) is 30.3 Å². The lowest BCUT2D eigenvalue weighted by Gasteiger charge is -2.17. The SMILES string of the molecule is CCCCN(C)C(=O)c1cccc(S(=O)(=O)Nc2ccccc2C#N)c1. The van der Waals surface area contributed by atoms with E-state index in [0.717, 1.165) is 12.8 Å². The molecule has 6 nitrogen and oxygen atoms in total. The number of hydrogen-bond donors (Lipinski definition) is 1. The minimum absolute atomic E-state index is 0.0278. The Morgan fingerprint density at radius 2 is 1.92 bits per heavy atom. The molecule has 2 aromatic rings. The number of para-hydroxylation sites is 1. The van der Waals surface area contributed by atoms with Crippen molar-refractivity contribution in [1.82, 2.24) is 4.90 Å². The molecule has 0 unspecified atom stereocenters. The van der Waals surface area contributed by atoms with E-state index in [1.807, 2.05) is 13.0 Å². The number of nitriles is 1. The maximum atomic E-state index is 12.6. The van der Waals surface area contributed by atoms with Crippen LogP contribution in [0, 0.1) is 11.3 Å². The monoisotopic (exact) mass is 371 g/mol. The number of hydrogen-bond acceptors (Lipinski definition) is 4. The predicted molar refractivity (Wildman–Crippen MR) is 100 cm³/mol. The van der Waals surface area contributed by atoms with Crippen LogP contribution < -0.4 is 4.72 Å². The molecule has 0 radical (unpaired) electrons. The van der Waals surface area contributed by atoms with Gasteiger partial charge in [-0.1, -0.05) is 31.5 Å². The summed E-state index contributed by atoms with van der Waals surface area (Å²) in [6, 6.07) is 14.2. The van der Waals surface area contributed by atoms with E-state index in [-0.39, 0.29) is 22.1 Å². The Labute approximate surface area is 154 Å². The van der Waals surface area contributed by atoms with E-state index < -0.39 is 10.0 Å². The number of rotatable bonds is 7. The van der Waals surface area contributed by atoms with Crippen LogP contribution >= 0.6 is 0 Å². The molecule has 2 aromatic carbocycles. The Hall–Kier alpha value is -2.85. The second-order valence-electron chi connectivity index (χ2n) is 5.87. The van der Waals surface area contributed by atoms with Crippen LogP contribution in [-0.2, 0) is 10.0 Å². The first-order valence-electron chi connectivity index (χ1n) is 8.26. The Balaban J connectivity index is 2.28. The number of amides is 1. The number of sulfonamides is 1. The van der Waals surface area contributed by atoms with Gasteiger partial charge in [0, 0.05) is 19.2 Å². The van der Waals surface area contributed by atoms with Crippen molar-refractivity contribution >= 4 is 21.6 Å². The summed E-state index contributed by atoms with van der Waals surface area (Å²) in [5.74, 6) is -0.229. The van der Waals surface area contributed by atoms with E-state index in [9.17, 15) is 13.2 Å². The van der Waals surface area contributed by atoms with E-state index in [4.69, 9.17) is 5.26 Å². The van der Waals surface area contributed by atoms with Crippen LogP contribution in [0.5, 0.6) is 0 Å². The highest BCUT2D eigenvalue weighted by Gasteiger charge is 2.19. The zero-order valence-corrected chi connectivity index (χ0v) is 15.6. The number of nitrogens with one attached hydrogen (secondary N) is 1. The van der Waals surface area contributed by atoms with E-state index in [1.54, 1.807) is 30.1 Å². The minimum Gasteiger partial charge on any atom is -0.342 e. The van der Waals surface area contributed by atoms with E-state index in [2.05, 4.69) is 4.72 Å². The summed E-state index contributed by atoms with van der Waals surface area (Å²) in [6.45, 7) is 2.65. The van der Waals surface area contributed by atoms with Crippen LogP contribution in [0.1, 0.15) is 35.7 Å². The van der Waals surface area contributed by atoms with Gasteiger partial charge in [-0.15, -0.1) is 0 Å². The Morgan fingerprint density at radius 1 is 1.19 bits per heavy atom. The van der Waals surface area contributed by atoms with Crippen molar-refractivity contribution in [3.8, 4) is 6.07 Å². The molecule has 0 saturated heterocycles. The number of nitrogens with zero attached hydrogens (tertiary/aromatic N) is 2. The van der Waals surface area contributed by atoms with Gasteiger partial charge in [-0.05, 0) is 36.8 Å². The van der Waals surface area contributed by atoms with Crippen molar-refractivity contribution in [2.24, 2.45) is 0 Å². The highest BCUT2D eigenvalue weighted by molar-refractivity contribution is 7.92. The Morgan fingerprint density at radius 3 is 2.62 bits per heavy atom. The average Bonchev–Trinajstić information content (AvgIpc) is 2.65. The van der Waals surface area contributed by atoms with Crippen molar-refractivity contribution in [2.45, 2.75) is 24.7 Å². The zero-order valence-electron chi connectivity index (χ0n) is 14.8. The fourth-order valence-corrected chi connectivity index (χ4v) is 3.51. The first kappa shape index (κ1) is 19.5. The smallest absolute Gasteiger partial charge is 0.261 e. The number of benzene rings is 2. The van der Waals surface area contributed by atoms with Gasteiger partial charge in [0.05, 0.1) is 16.1 Å². The van der Waals surface area contributed by atoms with Crippen LogP contribution in [0.15, 0.2) is 53.4 Å². The summed E-state index contributed by atoms with van der Waals surface area (Å²) < 4.78 is 27.7. The molecule has 26 heavy (non-hydrogen) atoms. The molecule has 136 valence electrons. The molecule has 0 aliphatic carbocycles. The summed E-state index contributed by atoms with van der Waals surface area (Å²) in [5.41, 5.74) is 0.731. The molecule has 0 bridgehead atoms. The first-order valence-corrected chi connectivity index (χ1v) is 9.75. The molecule has 0 aromatic heterocycles. The fraction of sp³-hybridized carbons (Fsp3) is 0.263. The molecular weight excluding hydrogens is 350 g/mol. The van der Waals surface area contributed by atoms with Gasteiger partial charge in [-0.2, -0.15) is 5.26 Å². The molecule has 0 aliphatic heterocycles. The van der Waals surface area contributed by atoms with Crippen molar-refractivity contribution < 1.29 is 13.2 Å². The molecule has 1 amide bonds. The van der Waals surface area contributed by atoms with Gasteiger partial charge in [0.25, 0.3) is 15.9 Å². The maximum Gasteiger partial charge on any atom is 0.261 e. The molecule has 1 N–H and O–H groups in total. The largest absolute Gasteiger partial charge is 0.342 e. The van der Waals surface area contributed by atoms with E-state index >= 15 is 0 Å². The maximum absolute atomic E-state index is 12.6. The standard InChI is InChI=1S/C19H21N3O3S/c1-3-4-12-22(2)19(23)15-9-7-10-17(13-15)26(24,25)21-18-11-6-5-8-16(18)14-20/h5-11,13,21H,3-4,12H2,1-2H3. The van der Waals surface area contributed by atoms with Crippen LogP contribution in [-0.4, -0.2) is 32.8 Å². The number of carbonyl (C=O) groups excluding carboxylic acids is 1. The summed E-state index contributed by atoms with van der Waals surface area (Å²) in [7, 11) is -2.22. The number of carbonyl (C=O) groups is 1. The van der Waals surface area contributed by atoms with Gasteiger partial charge in [0.2, 0.25) is 0 Å². The topological polar surface area (TPSA) is 90.3 Å². The summed E-state index contributed by atoms with van der Waals surface area (Å²) in [6.07, 6.45) is 1.85. The molecular formula is C19H21N3O3S. The molecule has 2 rings (SSSR count). The first-order chi connectivity index (χ1) is 12.4. The lowest BCUT2D eigenvalue weighted by atomic mass is 10.2. The van der Waals surface area contributed by atoms with Crippen molar-refractivity contribution in [3.63, 3.8) is 0 Å². The number of unbranched alkanes of at least 4 members (excludes halogenated alkanes) is 1. The minimum atomic E-state index is -3.92. The predicted octanol–water partition coefficient (Wildman–Crippen LogP) is 3.23. The third kappa shape index (κ3) is 4.61. The number of anilines is 1. The summed E-state index contributed by atoms with van der Waals surface area (Å²) >= 11 is 0. The van der Waals surface area contributed by atoms with Crippen molar-refractivity contribution in [1.29, 1.82) is 5.26 Å². The highest BCUT2D eigenvalue weighted by Crippen LogP contribution is 2.20. The summed E-state index contributed by atoms with van der Waals surface area (Å²) in [5, 5.41) is 9.10. The molecule has 0 aliphatic rings. The third-order valence-corrected chi connectivity index (χ3v) is 5.24. The van der Waals surface area contributed by atoms with Gasteiger partial charge in [-0.3, -0.25) is 9.52 Å². The second kappa shape index (κ2) is 8.50. The van der Waals surface area contributed by atoms with Crippen LogP contribution in [0.2, 0.25) is 0 Å². The molecule has 0 atom stereocenters. The Kier molecular flexibility index (Phi) is 6.36. The molecule has 0 saturated carbocycles. The average molecular weight is 371 g/mol. The fourth-order valence-electron chi connectivity index (χ4n) is 2.39. The van der Waals surface area contributed by atoms with Crippen LogP contribution in [0.3, 0.4) is 0 Å². The van der Waals surface area contributed by atoms with Gasteiger partial charge in [0.1, 0.15) is 6.07 Å². The van der Waals surface area contributed by atoms with Gasteiger partial charge in [-0.25, -0.2) is 8.42 Å². The molecule has 0 heterocycles. The van der Waals surface area contributed by atoms with Crippen molar-refractivity contribution in [3.05, 3.63) is 59.7 Å². The van der Waals surface area contributed by atoms with Crippen LogP contribution in [0.4, 0.5) is 5.69 Å². The normalized spacial score (nSPS) is 10.8. The highest BCUT2D eigenvalue weighted by atomic mass is 32.2. The third-order valence-electron chi connectivity index (χ3n) is 3.88. The Bertz CT molecular complexity index is 933. The second-order valence-corrected chi connectivity index (χ2v) is 7.55. The van der Waals surface area contributed by atoms with Crippen molar-refractivity contribution in [2.75, 3.05) is 18.3 Å². The molecule has 0 fully saturated rings. The zero-order chi connectivity index (χ0) is 19.2. The van der Waals surface area contributed by atoms with E-state index in [0.29, 0.717) is 12.1 Å². The quantitative estimate of drug-likeness (QED) is 0.809. The van der Waals surface area contributed by atoms with Crippen LogP contribution in [0.25, 0.3) is 0 Å². The van der Waals surface area contributed by atoms with Gasteiger partial charge < -0.3 is 4.90 Å². The lowest BCUT2D eigenvalue weighted by molar-refractivity contribution is 0.0793. The summed E-state index contributed by atoms with van der Waals surface area (Å²) in [4.78, 5) is 14.0. The van der Waals surface area contributed by atoms with Gasteiger partial charge >= 0.3 is 0 Å². The lowest BCUT2D eigenvalue weighted by Crippen LogP contribution is -2.28.